The number of nitrogens with zero attached hydrogens (tertiary/aromatic N) is 2. The van der Waals surface area contributed by atoms with Crippen molar-refractivity contribution in [3.63, 3.8) is 0 Å². The van der Waals surface area contributed by atoms with E-state index in [0.29, 0.717) is 17.6 Å². The van der Waals surface area contributed by atoms with Crippen LogP contribution in [-0.4, -0.2) is 16.8 Å². The summed E-state index contributed by atoms with van der Waals surface area (Å²) in [5.41, 5.74) is 8.87. The number of nitrogen functional groups attached to an aromatic ring is 1. The van der Waals surface area contributed by atoms with Crippen molar-refractivity contribution in [2.45, 2.75) is 26.7 Å². The summed E-state index contributed by atoms with van der Waals surface area (Å²) in [4.78, 5) is 8.98. The Labute approximate surface area is 117 Å². The molecule has 1 aliphatic rings. The van der Waals surface area contributed by atoms with Gasteiger partial charge in [0.05, 0.1) is 0 Å². The highest BCUT2D eigenvalue weighted by Gasteiger charge is 2.17. The molecule has 20 heavy (non-hydrogen) atoms. The Morgan fingerprint density at radius 3 is 2.60 bits per heavy atom. The van der Waals surface area contributed by atoms with Gasteiger partial charge >= 0.3 is 0 Å². The van der Waals surface area contributed by atoms with Crippen molar-refractivity contribution in [1.29, 1.82) is 0 Å². The van der Waals surface area contributed by atoms with Crippen LogP contribution in [-0.2, 0) is 0 Å². The third-order valence-electron chi connectivity index (χ3n) is 3.37. The predicted octanol–water partition coefficient (Wildman–Crippen LogP) is 2.89. The first-order chi connectivity index (χ1) is 9.56. The van der Waals surface area contributed by atoms with Gasteiger partial charge in [-0.1, -0.05) is 13.8 Å². The van der Waals surface area contributed by atoms with Gasteiger partial charge in [-0.3, -0.25) is 0 Å². The van der Waals surface area contributed by atoms with Crippen LogP contribution >= 0.6 is 0 Å². The van der Waals surface area contributed by atoms with Crippen molar-refractivity contribution in [3.05, 3.63) is 29.5 Å². The van der Waals surface area contributed by atoms with Crippen LogP contribution in [0.5, 0.6) is 11.5 Å². The number of ether oxygens (including phenoxy) is 2. The highest BCUT2D eigenvalue weighted by molar-refractivity contribution is 5.64. The molecule has 1 aromatic carbocycles. The Balaban J connectivity index is 2.07. The molecule has 0 bridgehead atoms. The molecular weight excluding hydrogens is 254 g/mol. The largest absolute Gasteiger partial charge is 0.454 e. The summed E-state index contributed by atoms with van der Waals surface area (Å²) in [7, 11) is 0. The van der Waals surface area contributed by atoms with Crippen molar-refractivity contribution < 1.29 is 9.47 Å². The van der Waals surface area contributed by atoms with Crippen molar-refractivity contribution >= 4 is 5.82 Å². The van der Waals surface area contributed by atoms with Crippen LogP contribution in [0.15, 0.2) is 18.2 Å². The van der Waals surface area contributed by atoms with Crippen LogP contribution < -0.4 is 15.2 Å². The van der Waals surface area contributed by atoms with Crippen molar-refractivity contribution in [3.8, 4) is 22.9 Å². The van der Waals surface area contributed by atoms with E-state index in [-0.39, 0.29) is 6.79 Å². The second kappa shape index (κ2) is 4.67. The van der Waals surface area contributed by atoms with Gasteiger partial charge in [0.25, 0.3) is 0 Å². The van der Waals surface area contributed by atoms with E-state index in [1.807, 2.05) is 25.1 Å². The van der Waals surface area contributed by atoms with Gasteiger partial charge in [-0.25, -0.2) is 9.97 Å². The number of hydrogen-bond acceptors (Lipinski definition) is 5. The molecule has 2 N–H and O–H groups in total. The maximum Gasteiger partial charge on any atom is 0.231 e. The summed E-state index contributed by atoms with van der Waals surface area (Å²) >= 11 is 0. The zero-order chi connectivity index (χ0) is 14.3. The molecule has 0 amide bonds. The monoisotopic (exact) mass is 271 g/mol. The van der Waals surface area contributed by atoms with E-state index < -0.39 is 0 Å². The minimum absolute atomic E-state index is 0.257. The van der Waals surface area contributed by atoms with Crippen LogP contribution in [0.1, 0.15) is 31.0 Å². The molecule has 3 rings (SSSR count). The molecule has 0 saturated heterocycles. The molecule has 1 aromatic heterocycles. The first kappa shape index (κ1) is 12.7. The second-order valence-corrected chi connectivity index (χ2v) is 5.15. The van der Waals surface area contributed by atoms with Gasteiger partial charge < -0.3 is 15.2 Å². The van der Waals surface area contributed by atoms with Gasteiger partial charge in [-0.2, -0.15) is 0 Å². The molecule has 104 valence electrons. The second-order valence-electron chi connectivity index (χ2n) is 5.15. The summed E-state index contributed by atoms with van der Waals surface area (Å²) in [5.74, 6) is 2.93. The lowest BCUT2D eigenvalue weighted by Crippen LogP contribution is -2.06. The van der Waals surface area contributed by atoms with E-state index in [1.54, 1.807) is 0 Å². The fraction of sp³-hybridized carbons (Fsp3) is 0.333. The fourth-order valence-electron chi connectivity index (χ4n) is 2.48. The Bertz CT molecular complexity index is 645. The van der Waals surface area contributed by atoms with Crippen molar-refractivity contribution in [2.24, 2.45) is 0 Å². The summed E-state index contributed by atoms with van der Waals surface area (Å²) in [6.07, 6.45) is 0. The molecule has 0 spiro atoms. The number of nitrogens with two attached hydrogens (primary N) is 1. The lowest BCUT2D eigenvalue weighted by molar-refractivity contribution is 0.174. The Kier molecular flexibility index (Phi) is 2.97. The summed E-state index contributed by atoms with van der Waals surface area (Å²) in [6, 6.07) is 5.66. The Morgan fingerprint density at radius 2 is 1.90 bits per heavy atom. The molecular formula is C15H17N3O2. The third-order valence-corrected chi connectivity index (χ3v) is 3.37. The number of fused-ring (bicyclic) bond motifs is 1. The quantitative estimate of drug-likeness (QED) is 0.909. The Hall–Kier alpha value is -2.30. The maximum absolute atomic E-state index is 6.07. The van der Waals surface area contributed by atoms with Crippen LogP contribution in [0.25, 0.3) is 11.4 Å². The minimum Gasteiger partial charge on any atom is -0.454 e. The van der Waals surface area contributed by atoms with Gasteiger partial charge in [0.2, 0.25) is 6.79 Å². The number of anilines is 1. The number of rotatable bonds is 2. The molecule has 0 fully saturated rings. The van der Waals surface area contributed by atoms with E-state index >= 15 is 0 Å². The van der Waals surface area contributed by atoms with Gasteiger partial charge in [-0.05, 0) is 31.0 Å². The Morgan fingerprint density at radius 1 is 1.15 bits per heavy atom. The van der Waals surface area contributed by atoms with Gasteiger partial charge in [0.15, 0.2) is 17.3 Å². The minimum atomic E-state index is 0.257. The zero-order valence-corrected chi connectivity index (χ0v) is 11.8. The number of aryl methyl sites for hydroxylation is 1. The van der Waals surface area contributed by atoms with Crippen LogP contribution in [0.2, 0.25) is 0 Å². The first-order valence-corrected chi connectivity index (χ1v) is 6.60. The lowest BCUT2D eigenvalue weighted by atomic mass is 10.0. The molecule has 0 radical (unpaired) electrons. The van der Waals surface area contributed by atoms with Gasteiger partial charge in [0, 0.05) is 16.8 Å². The lowest BCUT2D eigenvalue weighted by Gasteiger charge is -2.13. The van der Waals surface area contributed by atoms with E-state index in [2.05, 4.69) is 23.8 Å². The standard InChI is InChI=1S/C15H17N3O2/c1-8(2)13-9(3)17-15(18-14(13)16)10-4-5-11-12(6-10)20-7-19-11/h4-6,8H,7H2,1-3H3,(H2,16,17,18). The normalized spacial score (nSPS) is 13.0. The topological polar surface area (TPSA) is 70.3 Å². The number of aromatic nitrogens is 2. The molecule has 0 atom stereocenters. The number of benzene rings is 1. The van der Waals surface area contributed by atoms with Gasteiger partial charge in [-0.15, -0.1) is 0 Å². The average Bonchev–Trinajstić information content (AvgIpc) is 2.84. The van der Waals surface area contributed by atoms with Crippen LogP contribution in [0.4, 0.5) is 5.82 Å². The van der Waals surface area contributed by atoms with Gasteiger partial charge in [0.1, 0.15) is 5.82 Å². The molecule has 1 aliphatic heterocycles. The molecule has 2 heterocycles. The molecule has 2 aromatic rings. The molecule has 0 saturated carbocycles. The molecule has 5 heteroatoms. The molecule has 5 nitrogen and oxygen atoms in total. The third kappa shape index (κ3) is 2.05. The maximum atomic E-state index is 6.07. The predicted molar refractivity (Wildman–Crippen MR) is 76.8 cm³/mol. The van der Waals surface area contributed by atoms with Crippen molar-refractivity contribution in [2.75, 3.05) is 12.5 Å². The zero-order valence-electron chi connectivity index (χ0n) is 11.8. The molecule has 0 aliphatic carbocycles. The highest BCUT2D eigenvalue weighted by Crippen LogP contribution is 2.35. The smallest absolute Gasteiger partial charge is 0.231 e. The number of hydrogen-bond donors (Lipinski definition) is 1. The van der Waals surface area contributed by atoms with E-state index in [0.717, 1.165) is 28.3 Å². The average molecular weight is 271 g/mol. The van der Waals surface area contributed by atoms with E-state index in [9.17, 15) is 0 Å². The van der Waals surface area contributed by atoms with E-state index in [1.165, 1.54) is 0 Å². The first-order valence-electron chi connectivity index (χ1n) is 6.60. The van der Waals surface area contributed by atoms with Crippen LogP contribution in [0.3, 0.4) is 0 Å². The SMILES string of the molecule is Cc1nc(-c2ccc3c(c2)OCO3)nc(N)c1C(C)C. The summed E-state index contributed by atoms with van der Waals surface area (Å²) in [6.45, 7) is 6.39. The summed E-state index contributed by atoms with van der Waals surface area (Å²) in [5, 5.41) is 0. The molecule has 0 unspecified atom stereocenters. The fourth-order valence-corrected chi connectivity index (χ4v) is 2.48. The highest BCUT2D eigenvalue weighted by atomic mass is 16.7. The summed E-state index contributed by atoms with van der Waals surface area (Å²) < 4.78 is 10.7. The van der Waals surface area contributed by atoms with Crippen molar-refractivity contribution in [1.82, 2.24) is 9.97 Å². The van der Waals surface area contributed by atoms with Crippen LogP contribution in [0, 0.1) is 6.92 Å². The van der Waals surface area contributed by atoms with E-state index in [4.69, 9.17) is 15.2 Å².